The van der Waals surface area contributed by atoms with Crippen molar-refractivity contribution in [3.63, 3.8) is 0 Å². The molecule has 0 aromatic heterocycles. The standard InChI is InChI=1S/C22H32O2.C8H18.C4H10.C3H8.2H2O/c1-3-17(15-20-14-11-16(2)22(20,23)24)12-13-19-9-6-8-18-7-4-5-10-21(18)19;1-3-5-7-8-6-4-2;1-3-4-2;1-3-2;;/h5-6,8,10-11,14,17-19,21,23-24H,3-4,7,9,12-13,15H2,1-2H3;3-8H2,1-2H3;3-4H2,1-2H3;3H2,1-2H3;2*1H2. The summed E-state index contributed by atoms with van der Waals surface area (Å²) in [4.78, 5) is 0. The highest BCUT2D eigenvalue weighted by Crippen LogP contribution is 2.41. The van der Waals surface area contributed by atoms with Gasteiger partial charge in [-0.3, -0.25) is 0 Å². The van der Waals surface area contributed by atoms with Gasteiger partial charge in [-0.2, -0.15) is 0 Å². The number of hydrogen-bond donors (Lipinski definition) is 2. The summed E-state index contributed by atoms with van der Waals surface area (Å²) in [7, 11) is 0. The molecule has 0 heterocycles. The van der Waals surface area contributed by atoms with Crippen molar-refractivity contribution in [3.8, 4) is 0 Å². The lowest BCUT2D eigenvalue weighted by atomic mass is 9.69. The summed E-state index contributed by atoms with van der Waals surface area (Å²) in [6.07, 6.45) is 33.8. The minimum Gasteiger partial charge on any atom is -0.412 e. The van der Waals surface area contributed by atoms with Crippen LogP contribution in [0.2, 0.25) is 0 Å². The van der Waals surface area contributed by atoms with Crippen LogP contribution >= 0.6 is 0 Å². The van der Waals surface area contributed by atoms with Crippen LogP contribution in [-0.4, -0.2) is 27.0 Å². The van der Waals surface area contributed by atoms with Crippen molar-refractivity contribution in [1.29, 1.82) is 0 Å². The van der Waals surface area contributed by atoms with Gasteiger partial charge in [0, 0.05) is 0 Å². The third-order valence-electron chi connectivity index (χ3n) is 8.41. The number of fused-ring (bicyclic) bond motifs is 1. The molecular formula is C37H72O4. The van der Waals surface area contributed by atoms with Crippen LogP contribution in [0, 0.1) is 23.7 Å². The number of allylic oxidation sites excluding steroid dienone is 6. The van der Waals surface area contributed by atoms with E-state index in [4.69, 9.17) is 0 Å². The zero-order chi connectivity index (χ0) is 29.5. The molecule has 0 spiro atoms. The summed E-state index contributed by atoms with van der Waals surface area (Å²) in [5.41, 5.74) is 1.41. The summed E-state index contributed by atoms with van der Waals surface area (Å²) in [5.74, 6) is 1.06. The van der Waals surface area contributed by atoms with Crippen molar-refractivity contribution < 1.29 is 21.2 Å². The second kappa shape index (κ2) is 27.6. The third-order valence-corrected chi connectivity index (χ3v) is 8.41. The van der Waals surface area contributed by atoms with Crippen molar-refractivity contribution in [2.75, 3.05) is 0 Å². The summed E-state index contributed by atoms with van der Waals surface area (Å²) < 4.78 is 0. The predicted octanol–water partition coefficient (Wildman–Crippen LogP) is 9.85. The molecule has 4 unspecified atom stereocenters. The SMILES string of the molecule is CCC.CCC(CCC1CC=CC2CCC=CC21)CC1=CC=C(C)C1(O)O.CCCC.CCCCCCCC.O.O. The molecule has 0 radical (unpaired) electrons. The second-order valence-corrected chi connectivity index (χ2v) is 12.1. The van der Waals surface area contributed by atoms with Gasteiger partial charge in [0.25, 0.3) is 0 Å². The van der Waals surface area contributed by atoms with E-state index in [1.54, 1.807) is 6.92 Å². The lowest BCUT2D eigenvalue weighted by molar-refractivity contribution is -0.0954. The lowest BCUT2D eigenvalue weighted by Crippen LogP contribution is -2.31. The van der Waals surface area contributed by atoms with Gasteiger partial charge in [0.05, 0.1) is 0 Å². The first-order valence-electron chi connectivity index (χ1n) is 16.9. The molecule has 3 rings (SSSR count). The first-order chi connectivity index (χ1) is 18.8. The lowest BCUT2D eigenvalue weighted by Gasteiger charge is -2.36. The molecule has 0 amide bonds. The Morgan fingerprint density at radius 2 is 1.39 bits per heavy atom. The second-order valence-electron chi connectivity index (χ2n) is 12.1. The highest BCUT2D eigenvalue weighted by Gasteiger charge is 2.35. The van der Waals surface area contributed by atoms with E-state index in [0.29, 0.717) is 11.5 Å². The fraction of sp³-hybridized carbons (Fsp3) is 0.784. The fourth-order valence-electron chi connectivity index (χ4n) is 5.49. The van der Waals surface area contributed by atoms with Gasteiger partial charge in [0.1, 0.15) is 0 Å². The van der Waals surface area contributed by atoms with Crippen molar-refractivity contribution in [1.82, 2.24) is 0 Å². The molecule has 41 heavy (non-hydrogen) atoms. The molecule has 0 saturated heterocycles. The summed E-state index contributed by atoms with van der Waals surface area (Å²) in [6.45, 7) is 17.1. The summed E-state index contributed by atoms with van der Waals surface area (Å²) in [6, 6.07) is 0. The molecule has 0 fully saturated rings. The van der Waals surface area contributed by atoms with Crippen LogP contribution in [0.4, 0.5) is 0 Å². The molecule has 0 aliphatic heterocycles. The Hall–Kier alpha value is -1.20. The Labute approximate surface area is 256 Å². The average molecular weight is 581 g/mol. The highest BCUT2D eigenvalue weighted by atomic mass is 16.5. The molecule has 0 aromatic carbocycles. The quantitative estimate of drug-likeness (QED) is 0.136. The largest absolute Gasteiger partial charge is 0.412 e. The van der Waals surface area contributed by atoms with Crippen LogP contribution in [0.15, 0.2) is 47.6 Å². The van der Waals surface area contributed by atoms with Crippen molar-refractivity contribution in [2.45, 2.75) is 164 Å². The maximum atomic E-state index is 10.2. The van der Waals surface area contributed by atoms with Crippen molar-refractivity contribution in [3.05, 3.63) is 47.6 Å². The van der Waals surface area contributed by atoms with Gasteiger partial charge < -0.3 is 21.2 Å². The maximum Gasteiger partial charge on any atom is 0.209 e. The molecule has 0 bridgehead atoms. The Morgan fingerprint density at radius 1 is 0.805 bits per heavy atom. The third kappa shape index (κ3) is 18.2. The Kier molecular flexibility index (Phi) is 29.8. The van der Waals surface area contributed by atoms with Gasteiger partial charge in [-0.15, -0.1) is 0 Å². The molecule has 0 aromatic rings. The summed E-state index contributed by atoms with van der Waals surface area (Å²) in [5, 5.41) is 20.5. The smallest absolute Gasteiger partial charge is 0.209 e. The first kappa shape index (κ1) is 44.2. The zero-order valence-corrected chi connectivity index (χ0v) is 28.5. The van der Waals surface area contributed by atoms with E-state index < -0.39 is 5.79 Å². The average Bonchev–Trinajstić information content (AvgIpc) is 3.20. The Bertz CT molecular complexity index is 696. The van der Waals surface area contributed by atoms with E-state index >= 15 is 0 Å². The number of hydrogen-bond acceptors (Lipinski definition) is 2. The molecule has 244 valence electrons. The van der Waals surface area contributed by atoms with Crippen LogP contribution in [0.1, 0.15) is 158 Å². The predicted molar refractivity (Wildman–Crippen MR) is 182 cm³/mol. The van der Waals surface area contributed by atoms with Gasteiger partial charge in [-0.1, -0.05) is 149 Å². The molecule has 4 atom stereocenters. The molecule has 3 aliphatic carbocycles. The molecule has 0 saturated carbocycles. The van der Waals surface area contributed by atoms with Crippen molar-refractivity contribution >= 4 is 0 Å². The molecule has 6 N–H and O–H groups in total. The van der Waals surface area contributed by atoms with E-state index in [0.717, 1.165) is 36.2 Å². The highest BCUT2D eigenvalue weighted by molar-refractivity contribution is 5.38. The van der Waals surface area contributed by atoms with E-state index in [1.807, 2.05) is 12.2 Å². The van der Waals surface area contributed by atoms with E-state index in [-0.39, 0.29) is 11.0 Å². The normalized spacial score (nSPS) is 22.0. The van der Waals surface area contributed by atoms with Gasteiger partial charge in [0.2, 0.25) is 5.79 Å². The van der Waals surface area contributed by atoms with E-state index in [2.05, 4.69) is 72.8 Å². The zero-order valence-electron chi connectivity index (χ0n) is 28.5. The van der Waals surface area contributed by atoms with Crippen molar-refractivity contribution in [2.24, 2.45) is 23.7 Å². The van der Waals surface area contributed by atoms with Gasteiger partial charge in [-0.25, -0.2) is 0 Å². The van der Waals surface area contributed by atoms with Crippen LogP contribution in [0.3, 0.4) is 0 Å². The number of rotatable bonds is 12. The van der Waals surface area contributed by atoms with Gasteiger partial charge >= 0.3 is 0 Å². The number of unbranched alkanes of at least 4 members (excludes halogenated alkanes) is 6. The monoisotopic (exact) mass is 581 g/mol. The van der Waals surface area contributed by atoms with E-state index in [9.17, 15) is 10.2 Å². The Morgan fingerprint density at radius 3 is 1.85 bits per heavy atom. The first-order valence-corrected chi connectivity index (χ1v) is 16.9. The molecular weight excluding hydrogens is 508 g/mol. The van der Waals surface area contributed by atoms with Crippen LogP contribution in [0.25, 0.3) is 0 Å². The topological polar surface area (TPSA) is 103 Å². The van der Waals surface area contributed by atoms with Gasteiger partial charge in [-0.05, 0) is 80.3 Å². The molecule has 4 nitrogen and oxygen atoms in total. The molecule has 4 heteroatoms. The van der Waals surface area contributed by atoms with E-state index in [1.165, 1.54) is 89.9 Å². The number of aliphatic hydroxyl groups is 2. The minimum absolute atomic E-state index is 0. The fourth-order valence-corrected chi connectivity index (χ4v) is 5.49. The molecule has 3 aliphatic rings. The van der Waals surface area contributed by atoms with Gasteiger partial charge in [0.15, 0.2) is 0 Å². The minimum atomic E-state index is -1.71. The maximum absolute atomic E-state index is 10.2. The van der Waals surface area contributed by atoms with Crippen LogP contribution in [-0.2, 0) is 0 Å². The van der Waals surface area contributed by atoms with Crippen LogP contribution < -0.4 is 0 Å². The van der Waals surface area contributed by atoms with Crippen LogP contribution in [0.5, 0.6) is 0 Å². The Balaban J connectivity index is -0.000000713. The summed E-state index contributed by atoms with van der Waals surface area (Å²) >= 11 is 0.